The van der Waals surface area contributed by atoms with Gasteiger partial charge in [0.2, 0.25) is 0 Å². The first kappa shape index (κ1) is 7.89. The molecule has 8 heavy (non-hydrogen) atoms. The zero-order valence-corrected chi connectivity index (χ0v) is 5.82. The molecule has 0 radical (unpaired) electrons. The van der Waals surface area contributed by atoms with Gasteiger partial charge in [0.25, 0.3) is 0 Å². The Labute approximate surface area is 50.5 Å². The second kappa shape index (κ2) is 3.84. The van der Waals surface area contributed by atoms with Crippen molar-refractivity contribution in [3.63, 3.8) is 0 Å². The highest BCUT2D eigenvalue weighted by Crippen LogP contribution is 1.97. The van der Waals surface area contributed by atoms with Crippen molar-refractivity contribution in [1.82, 2.24) is 4.90 Å². The van der Waals surface area contributed by atoms with Crippen LogP contribution in [0.2, 0.25) is 0 Å². The zero-order chi connectivity index (χ0) is 6.57. The topological polar surface area (TPSA) is 3.24 Å². The van der Waals surface area contributed by atoms with Gasteiger partial charge in [0.15, 0.2) is 0 Å². The third-order valence-corrected chi connectivity index (χ3v) is 1.38. The molecule has 0 rings (SSSR count). The van der Waals surface area contributed by atoms with Crippen LogP contribution in [0.3, 0.4) is 0 Å². The summed E-state index contributed by atoms with van der Waals surface area (Å²) in [7, 11) is 3.79. The largest absolute Gasteiger partial charge is 0.304 e. The molecule has 0 aliphatic rings. The van der Waals surface area contributed by atoms with Gasteiger partial charge in [-0.2, -0.15) is 0 Å². The van der Waals surface area contributed by atoms with Crippen molar-refractivity contribution in [1.29, 1.82) is 0 Å². The molecule has 50 valence electrons. The van der Waals surface area contributed by atoms with Crippen molar-refractivity contribution in [2.24, 2.45) is 0 Å². The van der Waals surface area contributed by atoms with E-state index in [1.54, 1.807) is 0 Å². The molecule has 0 aromatic carbocycles. The lowest BCUT2D eigenvalue weighted by atomic mass is 10.2. The molecule has 1 unspecified atom stereocenters. The molecule has 0 heterocycles. The molecular weight excluding hydrogens is 105 g/mol. The predicted molar refractivity (Wildman–Crippen MR) is 33.7 cm³/mol. The quantitative estimate of drug-likeness (QED) is 0.541. The van der Waals surface area contributed by atoms with Crippen molar-refractivity contribution in [3.05, 3.63) is 0 Å². The van der Waals surface area contributed by atoms with E-state index in [1.165, 1.54) is 0 Å². The number of hydrogen-bond acceptors (Lipinski definition) is 1. The summed E-state index contributed by atoms with van der Waals surface area (Å²) in [6.45, 7) is 1.76. The molecule has 1 atom stereocenters. The van der Waals surface area contributed by atoms with E-state index in [9.17, 15) is 4.39 Å². The summed E-state index contributed by atoms with van der Waals surface area (Å²) in [4.78, 5) is 1.90. The van der Waals surface area contributed by atoms with Gasteiger partial charge < -0.3 is 4.90 Å². The lowest BCUT2D eigenvalue weighted by Gasteiger charge is -2.18. The molecule has 0 N–H and O–H groups in total. The number of hydrogen-bond donors (Lipinski definition) is 0. The summed E-state index contributed by atoms with van der Waals surface area (Å²) in [6, 6.07) is 0.120. The Morgan fingerprint density at radius 3 is 2.00 bits per heavy atom. The molecule has 0 aliphatic heterocycles. The third kappa shape index (κ3) is 2.26. The fraction of sp³-hybridized carbons (Fsp3) is 1.00. The average molecular weight is 119 g/mol. The SMILES string of the molecule is CCC(CF)N(C)C. The molecule has 0 saturated heterocycles. The Balaban J connectivity index is 3.35. The minimum Gasteiger partial charge on any atom is -0.304 e. The lowest BCUT2D eigenvalue weighted by molar-refractivity contribution is 0.233. The summed E-state index contributed by atoms with van der Waals surface area (Å²) < 4.78 is 11.9. The van der Waals surface area contributed by atoms with Crippen molar-refractivity contribution in [2.75, 3.05) is 20.8 Å². The molecule has 0 aromatic heterocycles. The van der Waals surface area contributed by atoms with E-state index in [-0.39, 0.29) is 12.7 Å². The summed E-state index contributed by atoms with van der Waals surface area (Å²) in [5, 5.41) is 0. The maximum Gasteiger partial charge on any atom is 0.105 e. The minimum absolute atomic E-state index is 0.120. The van der Waals surface area contributed by atoms with Gasteiger partial charge in [0, 0.05) is 6.04 Å². The summed E-state index contributed by atoms with van der Waals surface area (Å²) in [6.07, 6.45) is 0.892. The van der Waals surface area contributed by atoms with Gasteiger partial charge in [-0.05, 0) is 20.5 Å². The second-order valence-electron chi connectivity index (χ2n) is 2.18. The van der Waals surface area contributed by atoms with Crippen LogP contribution in [0.25, 0.3) is 0 Å². The number of rotatable bonds is 3. The molecule has 0 bridgehead atoms. The average Bonchev–Trinajstić information content (AvgIpc) is 1.69. The normalized spacial score (nSPS) is 14.6. The first-order valence-electron chi connectivity index (χ1n) is 2.94. The molecule has 0 spiro atoms. The number of alkyl halides is 1. The summed E-state index contributed by atoms with van der Waals surface area (Å²) in [5.41, 5.74) is 0. The number of nitrogens with zero attached hydrogens (tertiary/aromatic N) is 1. The third-order valence-electron chi connectivity index (χ3n) is 1.38. The van der Waals surface area contributed by atoms with Gasteiger partial charge in [0.05, 0.1) is 0 Å². The fourth-order valence-electron chi connectivity index (χ4n) is 0.612. The highest BCUT2D eigenvalue weighted by atomic mass is 19.1. The Bertz CT molecular complexity index is 50.5. The molecule has 0 aromatic rings. The fourth-order valence-corrected chi connectivity index (χ4v) is 0.612. The Morgan fingerprint density at radius 2 is 2.00 bits per heavy atom. The van der Waals surface area contributed by atoms with E-state index in [2.05, 4.69) is 0 Å². The molecular formula is C6H14FN. The highest BCUT2D eigenvalue weighted by Gasteiger charge is 2.05. The predicted octanol–water partition coefficient (Wildman–Crippen LogP) is 1.30. The molecule has 0 amide bonds. The van der Waals surface area contributed by atoms with Crippen LogP contribution >= 0.6 is 0 Å². The first-order chi connectivity index (χ1) is 3.72. The van der Waals surface area contributed by atoms with Gasteiger partial charge in [0.1, 0.15) is 6.67 Å². The van der Waals surface area contributed by atoms with Gasteiger partial charge >= 0.3 is 0 Å². The highest BCUT2D eigenvalue weighted by molar-refractivity contribution is 4.60. The van der Waals surface area contributed by atoms with Gasteiger partial charge in [-0.25, -0.2) is 4.39 Å². The Kier molecular flexibility index (Phi) is 3.79. The number of halogens is 1. The zero-order valence-electron chi connectivity index (χ0n) is 5.82. The maximum absolute atomic E-state index is 11.9. The van der Waals surface area contributed by atoms with Gasteiger partial charge in [-0.15, -0.1) is 0 Å². The van der Waals surface area contributed by atoms with E-state index < -0.39 is 0 Å². The smallest absolute Gasteiger partial charge is 0.105 e. The van der Waals surface area contributed by atoms with Crippen molar-refractivity contribution < 1.29 is 4.39 Å². The molecule has 1 nitrogen and oxygen atoms in total. The van der Waals surface area contributed by atoms with Crippen LogP contribution in [0.5, 0.6) is 0 Å². The Morgan fingerprint density at radius 1 is 1.50 bits per heavy atom. The molecule has 0 saturated carbocycles. The van der Waals surface area contributed by atoms with E-state index >= 15 is 0 Å². The molecule has 2 heteroatoms. The second-order valence-corrected chi connectivity index (χ2v) is 2.18. The van der Waals surface area contributed by atoms with Crippen LogP contribution in [0.1, 0.15) is 13.3 Å². The lowest BCUT2D eigenvalue weighted by Crippen LogP contribution is -2.28. The van der Waals surface area contributed by atoms with Crippen molar-refractivity contribution in [2.45, 2.75) is 19.4 Å². The van der Waals surface area contributed by atoms with Gasteiger partial charge in [-0.1, -0.05) is 6.92 Å². The van der Waals surface area contributed by atoms with E-state index in [4.69, 9.17) is 0 Å². The van der Waals surface area contributed by atoms with Crippen LogP contribution in [0.4, 0.5) is 4.39 Å². The van der Waals surface area contributed by atoms with E-state index in [0.29, 0.717) is 0 Å². The first-order valence-corrected chi connectivity index (χ1v) is 2.94. The van der Waals surface area contributed by atoms with E-state index in [0.717, 1.165) is 6.42 Å². The minimum atomic E-state index is -0.233. The Hall–Kier alpha value is -0.110. The molecule has 0 fully saturated rings. The van der Waals surface area contributed by atoms with Gasteiger partial charge in [-0.3, -0.25) is 0 Å². The monoisotopic (exact) mass is 119 g/mol. The van der Waals surface area contributed by atoms with Crippen LogP contribution in [-0.4, -0.2) is 31.7 Å². The van der Waals surface area contributed by atoms with Crippen LogP contribution < -0.4 is 0 Å². The standard InChI is InChI=1S/C6H14FN/c1-4-6(5-7)8(2)3/h6H,4-5H2,1-3H3. The van der Waals surface area contributed by atoms with E-state index in [1.807, 2.05) is 25.9 Å². The van der Waals surface area contributed by atoms with Crippen LogP contribution in [0, 0.1) is 0 Å². The molecule has 0 aliphatic carbocycles. The summed E-state index contributed by atoms with van der Waals surface area (Å²) in [5.74, 6) is 0. The summed E-state index contributed by atoms with van der Waals surface area (Å²) >= 11 is 0. The maximum atomic E-state index is 11.9. The van der Waals surface area contributed by atoms with Crippen LogP contribution in [0.15, 0.2) is 0 Å². The van der Waals surface area contributed by atoms with Crippen molar-refractivity contribution in [3.8, 4) is 0 Å². The van der Waals surface area contributed by atoms with Crippen molar-refractivity contribution >= 4 is 0 Å². The van der Waals surface area contributed by atoms with Crippen LogP contribution in [-0.2, 0) is 0 Å².